The van der Waals surface area contributed by atoms with E-state index in [-0.39, 0.29) is 13.1 Å². The van der Waals surface area contributed by atoms with Gasteiger partial charge in [-0.3, -0.25) is 0 Å². The average molecular weight is 395 g/mol. The van der Waals surface area contributed by atoms with E-state index < -0.39 is 0 Å². The van der Waals surface area contributed by atoms with Crippen LogP contribution >= 0.6 is 20.2 Å². The predicted molar refractivity (Wildman–Crippen MR) is 95.8 cm³/mol. The predicted octanol–water partition coefficient (Wildman–Crippen LogP) is 3.11. The zero-order chi connectivity index (χ0) is 16.6. The van der Waals surface area contributed by atoms with Crippen LogP contribution in [0.4, 0.5) is 0 Å². The van der Waals surface area contributed by atoms with E-state index >= 15 is 0 Å². The molecule has 0 spiro atoms. The summed E-state index contributed by atoms with van der Waals surface area (Å²) in [6.45, 7) is 12.6. The van der Waals surface area contributed by atoms with Gasteiger partial charge >= 0.3 is 33.3 Å². The first-order chi connectivity index (χ1) is 10.6. The Labute approximate surface area is 152 Å². The van der Waals surface area contributed by atoms with Crippen LogP contribution < -0.4 is 0 Å². The van der Waals surface area contributed by atoms with Crippen LogP contribution in [0.2, 0.25) is 0 Å². The van der Waals surface area contributed by atoms with Crippen LogP contribution in [0.1, 0.15) is 26.2 Å². The van der Waals surface area contributed by atoms with Gasteiger partial charge in [-0.15, -0.1) is 13.1 Å². The number of hydrogen-bond acceptors (Lipinski definition) is 3. The second-order valence-corrected chi connectivity index (χ2v) is 7.83. The molecule has 0 N–H and O–H groups in total. The molecule has 0 aromatic heterocycles. The van der Waals surface area contributed by atoms with Crippen molar-refractivity contribution in [2.45, 2.75) is 26.2 Å². The summed E-state index contributed by atoms with van der Waals surface area (Å²) in [5.74, 6) is 0. The van der Waals surface area contributed by atoms with E-state index in [4.69, 9.17) is 20.2 Å². The fourth-order valence-corrected chi connectivity index (χ4v) is 2.43. The molecule has 0 aromatic carbocycles. The van der Waals surface area contributed by atoms with Gasteiger partial charge in [0.25, 0.3) is 0 Å². The van der Waals surface area contributed by atoms with Gasteiger partial charge in [0.05, 0.1) is 0 Å². The first-order valence-electron chi connectivity index (χ1n) is 8.23. The number of halogens is 2. The zero-order valence-corrected chi connectivity index (χ0v) is 17.1. The maximum absolute atomic E-state index is 4.80. The van der Waals surface area contributed by atoms with E-state index in [9.17, 15) is 0 Å². The second-order valence-electron chi connectivity index (χ2n) is 5.88. The normalized spacial score (nSPS) is 18.8. The Kier molecular flexibility index (Phi) is 17.5. The molecule has 4 nitrogen and oxygen atoms in total. The molecule has 1 fully saturated rings. The van der Waals surface area contributed by atoms with Crippen LogP contribution in [0.3, 0.4) is 0 Å². The Morgan fingerprint density at radius 2 is 1.77 bits per heavy atom. The van der Waals surface area contributed by atoms with E-state index in [0.29, 0.717) is 0 Å². The SMILES string of the molecule is CCCCN(C)CCN1CCCN(C)CC[N-]CC1.[Cl][Mn][Cl]. The van der Waals surface area contributed by atoms with Crippen molar-refractivity contribution in [1.29, 1.82) is 0 Å². The maximum atomic E-state index is 4.80. The summed E-state index contributed by atoms with van der Waals surface area (Å²) < 4.78 is 0. The van der Waals surface area contributed by atoms with E-state index in [1.165, 1.54) is 52.0 Å². The third-order valence-corrected chi connectivity index (χ3v) is 3.92. The Morgan fingerprint density at radius 1 is 1.09 bits per heavy atom. The molecule has 0 aromatic rings. The van der Waals surface area contributed by atoms with Crippen molar-refractivity contribution in [2.75, 3.05) is 73.0 Å². The van der Waals surface area contributed by atoms with E-state index in [1.807, 2.05) is 0 Å². The van der Waals surface area contributed by atoms with Gasteiger partial charge in [-0.1, -0.05) is 13.3 Å². The molecule has 135 valence electrons. The standard InChI is InChI=1S/C15H33N4.2ClH.Mn/c1-4-5-9-18(3)14-15-19-11-6-10-17(2)12-7-16-8-13-19;;;/h4-15H2,1-3H3;2*1H;/q-1;;;+2/p-2. The number of unbranched alkanes of at least 4 members (excludes halogenated alkanes) is 1. The summed E-state index contributed by atoms with van der Waals surface area (Å²) in [5, 5.41) is 4.61. The van der Waals surface area contributed by atoms with E-state index in [0.717, 1.165) is 26.2 Å². The van der Waals surface area contributed by atoms with Crippen LogP contribution in [0, 0.1) is 0 Å². The zero-order valence-electron chi connectivity index (χ0n) is 14.4. The molecule has 1 saturated heterocycles. The Morgan fingerprint density at radius 3 is 2.45 bits per heavy atom. The van der Waals surface area contributed by atoms with Crippen molar-refractivity contribution < 1.29 is 13.1 Å². The van der Waals surface area contributed by atoms with Gasteiger partial charge in [0.15, 0.2) is 0 Å². The molecular weight excluding hydrogens is 362 g/mol. The van der Waals surface area contributed by atoms with Crippen molar-refractivity contribution in [3.63, 3.8) is 0 Å². The van der Waals surface area contributed by atoms with Gasteiger partial charge in [-0.05, 0) is 59.7 Å². The molecule has 0 atom stereocenters. The van der Waals surface area contributed by atoms with Crippen molar-refractivity contribution in [3.05, 3.63) is 5.32 Å². The fraction of sp³-hybridized carbons (Fsp3) is 1.00. The first kappa shape index (κ1) is 22.9. The number of rotatable bonds is 6. The Bertz CT molecular complexity index is 238. The molecule has 0 aliphatic carbocycles. The topological polar surface area (TPSA) is 23.8 Å². The Hall–Kier alpha value is 0.939. The van der Waals surface area contributed by atoms with Gasteiger partial charge in [0, 0.05) is 13.1 Å². The average Bonchev–Trinajstić information content (AvgIpc) is 2.50. The number of likely N-dealkylation sites (N-methyl/N-ethyl adjacent to an activating group) is 2. The molecule has 22 heavy (non-hydrogen) atoms. The van der Waals surface area contributed by atoms with Gasteiger partial charge in [0.1, 0.15) is 0 Å². The molecule has 0 amide bonds. The molecule has 1 aliphatic heterocycles. The van der Waals surface area contributed by atoms with Crippen LogP contribution in [0.25, 0.3) is 5.32 Å². The molecule has 7 heteroatoms. The molecular formula is C15H33Cl2MnN4-. The van der Waals surface area contributed by atoms with Gasteiger partial charge < -0.3 is 20.0 Å². The monoisotopic (exact) mass is 394 g/mol. The van der Waals surface area contributed by atoms with Crippen molar-refractivity contribution >= 4 is 20.2 Å². The molecule has 0 saturated carbocycles. The number of hydrogen-bond donors (Lipinski definition) is 0. The Balaban J connectivity index is 0.00000135. The van der Waals surface area contributed by atoms with E-state index in [2.05, 4.69) is 41.0 Å². The molecule has 0 radical (unpaired) electrons. The summed E-state index contributed by atoms with van der Waals surface area (Å²) in [7, 11) is 14.0. The minimum atomic E-state index is 0.00694. The summed E-state index contributed by atoms with van der Waals surface area (Å²) in [6.07, 6.45) is 3.89. The van der Waals surface area contributed by atoms with Crippen molar-refractivity contribution in [2.24, 2.45) is 0 Å². The molecule has 1 aliphatic rings. The summed E-state index contributed by atoms with van der Waals surface area (Å²) in [6, 6.07) is 0. The second kappa shape index (κ2) is 16.8. The van der Waals surface area contributed by atoms with Crippen LogP contribution in [0.5, 0.6) is 0 Å². The number of nitrogens with zero attached hydrogens (tertiary/aromatic N) is 4. The minimum absolute atomic E-state index is 0.00694. The summed E-state index contributed by atoms with van der Waals surface area (Å²) in [5.41, 5.74) is 0. The molecule has 1 heterocycles. The molecule has 0 bridgehead atoms. The van der Waals surface area contributed by atoms with Gasteiger partial charge in [-0.25, -0.2) is 0 Å². The third kappa shape index (κ3) is 14.5. The van der Waals surface area contributed by atoms with Crippen LogP contribution in [0.15, 0.2) is 0 Å². The summed E-state index contributed by atoms with van der Waals surface area (Å²) in [4.78, 5) is 7.46. The first-order valence-corrected chi connectivity index (χ1v) is 11.5. The molecule has 1 rings (SSSR count). The fourth-order valence-electron chi connectivity index (χ4n) is 2.43. The van der Waals surface area contributed by atoms with Crippen LogP contribution in [-0.2, 0) is 13.1 Å². The van der Waals surface area contributed by atoms with Gasteiger partial charge in [0.2, 0.25) is 0 Å². The van der Waals surface area contributed by atoms with Crippen molar-refractivity contribution in [1.82, 2.24) is 14.7 Å². The van der Waals surface area contributed by atoms with E-state index in [1.54, 1.807) is 0 Å². The quantitative estimate of drug-likeness (QED) is 0.646. The van der Waals surface area contributed by atoms with Crippen molar-refractivity contribution in [3.8, 4) is 0 Å². The van der Waals surface area contributed by atoms with Crippen LogP contribution in [-0.4, -0.2) is 87.7 Å². The third-order valence-electron chi connectivity index (χ3n) is 3.92. The molecule has 0 unspecified atom stereocenters. The van der Waals surface area contributed by atoms with Gasteiger partial charge in [-0.2, -0.15) is 0 Å². The summed E-state index contributed by atoms with van der Waals surface area (Å²) >= 11 is 0.00694.